The predicted octanol–water partition coefficient (Wildman–Crippen LogP) is 4.66. The third-order valence-electron chi connectivity index (χ3n) is 3.87. The van der Waals surface area contributed by atoms with E-state index in [0.29, 0.717) is 17.3 Å². The Kier molecular flexibility index (Phi) is 4.22. The van der Waals surface area contributed by atoms with Gasteiger partial charge in [-0.15, -0.1) is 0 Å². The highest BCUT2D eigenvalue weighted by Crippen LogP contribution is 2.37. The Bertz CT molecular complexity index is 192. The maximum absolute atomic E-state index is 2.35. The summed E-state index contributed by atoms with van der Waals surface area (Å²) >= 11 is 0. The van der Waals surface area contributed by atoms with Crippen LogP contribution in [0.5, 0.6) is 0 Å². The van der Waals surface area contributed by atoms with Gasteiger partial charge in [0.2, 0.25) is 0 Å². The van der Waals surface area contributed by atoms with Crippen LogP contribution in [0.15, 0.2) is 11.1 Å². The summed E-state index contributed by atoms with van der Waals surface area (Å²) in [6, 6.07) is 0. The highest BCUT2D eigenvalue weighted by Gasteiger charge is 2.25. The number of hydrogen-bond acceptors (Lipinski definition) is 0. The van der Waals surface area contributed by atoms with Gasteiger partial charge in [0.25, 0.3) is 0 Å². The molecule has 0 saturated heterocycles. The lowest BCUT2D eigenvalue weighted by Gasteiger charge is -2.33. The second kappa shape index (κ2) is 4.30. The number of allylic oxidation sites excluding steroid dienone is 2. The van der Waals surface area contributed by atoms with E-state index < -0.39 is 0 Å². The normalized spacial score (nSPS) is 15.2. The lowest BCUT2D eigenvalue weighted by Crippen LogP contribution is -2.22. The fourth-order valence-electron chi connectivity index (χ4n) is 1.37. The summed E-state index contributed by atoms with van der Waals surface area (Å²) in [5.74, 6) is 1.39. The Balaban J connectivity index is 4.96. The minimum atomic E-state index is 0.342. The van der Waals surface area contributed by atoms with E-state index >= 15 is 0 Å². The molecule has 78 valence electrons. The summed E-state index contributed by atoms with van der Waals surface area (Å²) in [4.78, 5) is 0. The molecule has 0 saturated carbocycles. The molecule has 0 aromatic carbocycles. The van der Waals surface area contributed by atoms with Gasteiger partial charge in [-0.3, -0.25) is 0 Å². The molecule has 0 heterocycles. The molecule has 0 aliphatic heterocycles. The van der Waals surface area contributed by atoms with Crippen molar-refractivity contribution in [3.63, 3.8) is 0 Å². The quantitative estimate of drug-likeness (QED) is 0.557. The van der Waals surface area contributed by atoms with Crippen molar-refractivity contribution >= 4 is 0 Å². The first-order valence-corrected chi connectivity index (χ1v) is 5.39. The maximum atomic E-state index is 2.35. The van der Waals surface area contributed by atoms with Crippen LogP contribution in [0.3, 0.4) is 0 Å². The fourth-order valence-corrected chi connectivity index (χ4v) is 1.37. The average Bonchev–Trinajstić information content (AvgIpc) is 2.01. The van der Waals surface area contributed by atoms with Gasteiger partial charge < -0.3 is 0 Å². The van der Waals surface area contributed by atoms with Crippen LogP contribution in [0.25, 0.3) is 0 Å². The molecule has 0 amide bonds. The Labute approximate surface area is 84.4 Å². The van der Waals surface area contributed by atoms with E-state index in [1.807, 2.05) is 0 Å². The zero-order valence-corrected chi connectivity index (χ0v) is 10.7. The zero-order valence-electron chi connectivity index (χ0n) is 10.7. The second-order valence-corrected chi connectivity index (χ2v) is 5.34. The van der Waals surface area contributed by atoms with Crippen LogP contribution < -0.4 is 0 Å². The van der Waals surface area contributed by atoms with Gasteiger partial charge >= 0.3 is 0 Å². The van der Waals surface area contributed by atoms with Crippen molar-refractivity contribution in [2.75, 3.05) is 0 Å². The van der Waals surface area contributed by atoms with Crippen molar-refractivity contribution < 1.29 is 0 Å². The molecule has 0 fully saturated rings. The van der Waals surface area contributed by atoms with E-state index in [-0.39, 0.29) is 0 Å². The second-order valence-electron chi connectivity index (χ2n) is 5.34. The molecule has 0 aliphatic rings. The van der Waals surface area contributed by atoms with Crippen LogP contribution in [-0.4, -0.2) is 0 Å². The third kappa shape index (κ3) is 2.86. The Morgan fingerprint density at radius 3 is 1.54 bits per heavy atom. The van der Waals surface area contributed by atoms with E-state index in [0.717, 1.165) is 0 Å². The van der Waals surface area contributed by atoms with Crippen molar-refractivity contribution in [3.8, 4) is 0 Å². The van der Waals surface area contributed by atoms with E-state index in [2.05, 4.69) is 55.4 Å². The largest absolute Gasteiger partial charge is 0.0713 e. The van der Waals surface area contributed by atoms with E-state index in [9.17, 15) is 0 Å². The lowest BCUT2D eigenvalue weighted by molar-refractivity contribution is 0.305. The van der Waals surface area contributed by atoms with Gasteiger partial charge in [-0.2, -0.15) is 0 Å². The van der Waals surface area contributed by atoms with Gasteiger partial charge in [0.15, 0.2) is 0 Å². The first kappa shape index (κ1) is 12.7. The summed E-state index contributed by atoms with van der Waals surface area (Å²) in [7, 11) is 0. The molecule has 0 N–H and O–H groups in total. The van der Waals surface area contributed by atoms with E-state index in [1.165, 1.54) is 0 Å². The first-order valence-electron chi connectivity index (χ1n) is 5.39. The molecule has 0 aromatic heterocycles. The van der Waals surface area contributed by atoms with Crippen molar-refractivity contribution in [2.24, 2.45) is 17.3 Å². The highest BCUT2D eigenvalue weighted by atomic mass is 14.3. The van der Waals surface area contributed by atoms with Gasteiger partial charge in [-0.25, -0.2) is 0 Å². The predicted molar refractivity (Wildman–Crippen MR) is 61.8 cm³/mol. The summed E-state index contributed by atoms with van der Waals surface area (Å²) < 4.78 is 0. The van der Waals surface area contributed by atoms with Crippen molar-refractivity contribution in [3.05, 3.63) is 11.1 Å². The van der Waals surface area contributed by atoms with Gasteiger partial charge in [-0.05, 0) is 31.1 Å². The maximum Gasteiger partial charge on any atom is -0.0122 e. The Morgan fingerprint density at radius 1 is 0.923 bits per heavy atom. The standard InChI is InChI=1S/C13H26/c1-9(2)11(5)12(6)13(7,8)10(3)4/h9-10H,1-8H3/b12-11-. The molecule has 0 spiro atoms. The van der Waals surface area contributed by atoms with Crippen molar-refractivity contribution in [1.82, 2.24) is 0 Å². The van der Waals surface area contributed by atoms with Crippen LogP contribution in [0, 0.1) is 17.3 Å². The van der Waals surface area contributed by atoms with Crippen LogP contribution in [0.1, 0.15) is 55.4 Å². The van der Waals surface area contributed by atoms with Gasteiger partial charge in [0.1, 0.15) is 0 Å². The molecule has 0 rings (SSSR count). The molecule has 0 nitrogen and oxygen atoms in total. The molecule has 0 aliphatic carbocycles. The van der Waals surface area contributed by atoms with Gasteiger partial charge in [-0.1, -0.05) is 52.7 Å². The summed E-state index contributed by atoms with van der Waals surface area (Å²) in [6.45, 7) is 18.4. The Morgan fingerprint density at radius 2 is 1.31 bits per heavy atom. The fraction of sp³-hybridized carbons (Fsp3) is 0.846. The SMILES string of the molecule is C/C(=C(\C)C(C)(C)C(C)C)C(C)C. The average molecular weight is 182 g/mol. The van der Waals surface area contributed by atoms with Gasteiger partial charge in [0.05, 0.1) is 0 Å². The molecule has 0 unspecified atom stereocenters. The molecule has 0 atom stereocenters. The smallest absolute Gasteiger partial charge is 0.0122 e. The van der Waals surface area contributed by atoms with Crippen LogP contribution in [0.4, 0.5) is 0 Å². The molecule has 0 radical (unpaired) electrons. The first-order chi connectivity index (χ1) is 5.71. The Hall–Kier alpha value is -0.260. The van der Waals surface area contributed by atoms with Crippen LogP contribution in [0.2, 0.25) is 0 Å². The van der Waals surface area contributed by atoms with Crippen molar-refractivity contribution in [2.45, 2.75) is 55.4 Å². The number of hydrogen-bond donors (Lipinski definition) is 0. The highest BCUT2D eigenvalue weighted by molar-refractivity contribution is 5.19. The zero-order chi connectivity index (χ0) is 10.8. The van der Waals surface area contributed by atoms with E-state index in [4.69, 9.17) is 0 Å². The lowest BCUT2D eigenvalue weighted by atomic mass is 9.72. The minimum Gasteiger partial charge on any atom is -0.0713 e. The van der Waals surface area contributed by atoms with Crippen molar-refractivity contribution in [1.29, 1.82) is 0 Å². The summed E-state index contributed by atoms with van der Waals surface area (Å²) in [5, 5.41) is 0. The van der Waals surface area contributed by atoms with Gasteiger partial charge in [0, 0.05) is 0 Å². The topological polar surface area (TPSA) is 0 Å². The monoisotopic (exact) mass is 182 g/mol. The molecule has 0 heteroatoms. The minimum absolute atomic E-state index is 0.342. The summed E-state index contributed by atoms with van der Waals surface area (Å²) in [5.41, 5.74) is 3.46. The molecule has 0 aromatic rings. The summed E-state index contributed by atoms with van der Waals surface area (Å²) in [6.07, 6.45) is 0. The molecule has 13 heavy (non-hydrogen) atoms. The molecule has 0 bridgehead atoms. The molecular weight excluding hydrogens is 156 g/mol. The molecular formula is C13H26. The third-order valence-corrected chi connectivity index (χ3v) is 3.87. The van der Waals surface area contributed by atoms with Crippen LogP contribution >= 0.6 is 0 Å². The van der Waals surface area contributed by atoms with Crippen LogP contribution in [-0.2, 0) is 0 Å². The number of rotatable bonds is 3. The van der Waals surface area contributed by atoms with E-state index in [1.54, 1.807) is 11.1 Å².